The number of hydrogen-bond donors (Lipinski definition) is 2. The normalized spacial score (nSPS) is 19.9. The first kappa shape index (κ1) is 19.0. The van der Waals surface area contributed by atoms with E-state index in [1.807, 2.05) is 11.8 Å². The molecule has 1 heterocycles. The zero-order valence-electron chi connectivity index (χ0n) is 15.1. The topological polar surface area (TPSA) is 87.5 Å². The van der Waals surface area contributed by atoms with Gasteiger partial charge in [-0.3, -0.25) is 15.0 Å². The van der Waals surface area contributed by atoms with Gasteiger partial charge in [-0.2, -0.15) is 11.8 Å². The molecule has 2 fully saturated rings. The number of nitrogens with zero attached hydrogens (tertiary/aromatic N) is 2. The second-order valence-electron chi connectivity index (χ2n) is 7.10. The average molecular weight is 378 g/mol. The summed E-state index contributed by atoms with van der Waals surface area (Å²) in [5, 5.41) is 16.7. The number of carbonyl (C=O) groups is 1. The fourth-order valence-electron chi connectivity index (χ4n) is 4.03. The maximum absolute atomic E-state index is 12.3. The maximum Gasteiger partial charge on any atom is 0.319 e. The van der Waals surface area contributed by atoms with Gasteiger partial charge in [0.2, 0.25) is 0 Å². The third-order valence-corrected chi connectivity index (χ3v) is 6.39. The fourth-order valence-corrected chi connectivity index (χ4v) is 4.94. The molecule has 2 aliphatic rings. The van der Waals surface area contributed by atoms with Gasteiger partial charge in [0.1, 0.15) is 0 Å². The summed E-state index contributed by atoms with van der Waals surface area (Å²) in [7, 11) is 0. The number of nitrogens with one attached hydrogen (secondary N) is 2. The standard InChI is InChI=1S/C18H26N4O3S/c1-14-12-15(4-5-16(14)22(24)25)20-17(23)19-13-18(6-2-3-7-18)21-8-10-26-11-9-21/h4-5,12H,2-3,6-11,13H2,1H3,(H2,19,20,23). The van der Waals surface area contributed by atoms with Crippen LogP contribution >= 0.6 is 11.8 Å². The van der Waals surface area contributed by atoms with Crippen LogP contribution in [-0.2, 0) is 0 Å². The van der Waals surface area contributed by atoms with Gasteiger partial charge in [0.25, 0.3) is 5.69 Å². The lowest BCUT2D eigenvalue weighted by Crippen LogP contribution is -2.56. The molecule has 0 radical (unpaired) electrons. The quantitative estimate of drug-likeness (QED) is 0.606. The first-order chi connectivity index (χ1) is 12.5. The monoisotopic (exact) mass is 378 g/mol. The van der Waals surface area contributed by atoms with Crippen molar-refractivity contribution in [2.75, 3.05) is 36.5 Å². The van der Waals surface area contributed by atoms with Crippen LogP contribution in [0.2, 0.25) is 0 Å². The van der Waals surface area contributed by atoms with Crippen molar-refractivity contribution < 1.29 is 9.72 Å². The highest BCUT2D eigenvalue weighted by Crippen LogP contribution is 2.36. The fraction of sp³-hybridized carbons (Fsp3) is 0.611. The van der Waals surface area contributed by atoms with E-state index >= 15 is 0 Å². The van der Waals surface area contributed by atoms with Crippen LogP contribution in [0.1, 0.15) is 31.2 Å². The van der Waals surface area contributed by atoms with Crippen LogP contribution in [0.4, 0.5) is 16.2 Å². The maximum atomic E-state index is 12.3. The van der Waals surface area contributed by atoms with Gasteiger partial charge in [0.15, 0.2) is 0 Å². The molecule has 2 amide bonds. The van der Waals surface area contributed by atoms with Crippen LogP contribution in [0, 0.1) is 17.0 Å². The Labute approximate surface area is 158 Å². The molecule has 1 aromatic rings. The number of hydrogen-bond acceptors (Lipinski definition) is 5. The Hall–Kier alpha value is -1.80. The van der Waals surface area contributed by atoms with Gasteiger partial charge >= 0.3 is 6.03 Å². The molecule has 7 nitrogen and oxygen atoms in total. The molecular formula is C18H26N4O3S. The molecule has 0 atom stereocenters. The molecule has 3 rings (SSSR count). The van der Waals surface area contributed by atoms with E-state index in [0.717, 1.165) is 37.4 Å². The summed E-state index contributed by atoms with van der Waals surface area (Å²) in [6.07, 6.45) is 4.70. The highest BCUT2D eigenvalue weighted by Gasteiger charge is 2.40. The molecule has 1 saturated heterocycles. The number of nitro groups is 1. The van der Waals surface area contributed by atoms with Gasteiger partial charge < -0.3 is 10.6 Å². The molecule has 0 bridgehead atoms. The molecule has 8 heteroatoms. The Morgan fingerprint density at radius 3 is 2.62 bits per heavy atom. The van der Waals surface area contributed by atoms with Crippen LogP contribution in [0.25, 0.3) is 0 Å². The Morgan fingerprint density at radius 1 is 1.31 bits per heavy atom. The van der Waals surface area contributed by atoms with E-state index in [0.29, 0.717) is 17.8 Å². The Bertz CT molecular complexity index is 670. The van der Waals surface area contributed by atoms with E-state index < -0.39 is 4.92 Å². The zero-order valence-corrected chi connectivity index (χ0v) is 15.9. The molecular weight excluding hydrogens is 352 g/mol. The molecule has 1 aromatic carbocycles. The van der Waals surface area contributed by atoms with Crippen LogP contribution in [0.5, 0.6) is 0 Å². The minimum absolute atomic E-state index is 0.0591. The lowest BCUT2D eigenvalue weighted by Gasteiger charge is -2.43. The van der Waals surface area contributed by atoms with E-state index in [9.17, 15) is 14.9 Å². The molecule has 1 aliphatic carbocycles. The number of urea groups is 1. The van der Waals surface area contributed by atoms with Crippen LogP contribution in [-0.4, -0.2) is 52.5 Å². The first-order valence-electron chi connectivity index (χ1n) is 9.13. The van der Waals surface area contributed by atoms with Crippen molar-refractivity contribution >= 4 is 29.2 Å². The molecule has 0 spiro atoms. The Kier molecular flexibility index (Phi) is 6.03. The average Bonchev–Trinajstić information content (AvgIpc) is 3.11. The summed E-state index contributed by atoms with van der Waals surface area (Å²) in [6, 6.07) is 4.37. The van der Waals surface area contributed by atoms with Crippen molar-refractivity contribution in [2.45, 2.75) is 38.1 Å². The van der Waals surface area contributed by atoms with Crippen LogP contribution in [0.15, 0.2) is 18.2 Å². The summed E-state index contributed by atoms with van der Waals surface area (Å²) in [5.41, 5.74) is 1.25. The number of benzene rings is 1. The van der Waals surface area contributed by atoms with E-state index in [1.165, 1.54) is 18.9 Å². The van der Waals surface area contributed by atoms with Crippen molar-refractivity contribution in [3.05, 3.63) is 33.9 Å². The number of aryl methyl sites for hydroxylation is 1. The van der Waals surface area contributed by atoms with Crippen molar-refractivity contribution in [2.24, 2.45) is 0 Å². The highest BCUT2D eigenvalue weighted by atomic mass is 32.2. The molecule has 142 valence electrons. The van der Waals surface area contributed by atoms with Gasteiger partial charge in [0, 0.05) is 54.0 Å². The lowest BCUT2D eigenvalue weighted by molar-refractivity contribution is -0.385. The van der Waals surface area contributed by atoms with Crippen molar-refractivity contribution in [1.29, 1.82) is 0 Å². The Balaban J connectivity index is 1.59. The zero-order chi connectivity index (χ0) is 18.6. The summed E-state index contributed by atoms with van der Waals surface area (Å²) < 4.78 is 0. The van der Waals surface area contributed by atoms with Crippen LogP contribution < -0.4 is 10.6 Å². The third kappa shape index (κ3) is 4.29. The number of thioether (sulfide) groups is 1. The highest BCUT2D eigenvalue weighted by molar-refractivity contribution is 7.99. The van der Waals surface area contributed by atoms with Gasteiger partial charge in [-0.15, -0.1) is 0 Å². The van der Waals surface area contributed by atoms with Crippen molar-refractivity contribution in [1.82, 2.24) is 10.2 Å². The number of rotatable bonds is 5. The SMILES string of the molecule is Cc1cc(NC(=O)NCC2(N3CCSCC3)CCCC2)ccc1[N+](=O)[O-]. The first-order valence-corrected chi connectivity index (χ1v) is 10.3. The van der Waals surface area contributed by atoms with Gasteiger partial charge in [-0.25, -0.2) is 4.79 Å². The molecule has 1 saturated carbocycles. The van der Waals surface area contributed by atoms with E-state index in [2.05, 4.69) is 15.5 Å². The van der Waals surface area contributed by atoms with Gasteiger partial charge in [-0.05, 0) is 31.9 Å². The van der Waals surface area contributed by atoms with E-state index in [4.69, 9.17) is 0 Å². The van der Waals surface area contributed by atoms with Crippen LogP contribution in [0.3, 0.4) is 0 Å². The number of amides is 2. The predicted molar refractivity (Wildman–Crippen MR) is 105 cm³/mol. The smallest absolute Gasteiger partial charge is 0.319 e. The minimum Gasteiger partial charge on any atom is -0.336 e. The largest absolute Gasteiger partial charge is 0.336 e. The van der Waals surface area contributed by atoms with E-state index in [-0.39, 0.29) is 17.3 Å². The van der Waals surface area contributed by atoms with Gasteiger partial charge in [0.05, 0.1) is 4.92 Å². The molecule has 2 N–H and O–H groups in total. The minimum atomic E-state index is -0.417. The van der Waals surface area contributed by atoms with Gasteiger partial charge in [-0.1, -0.05) is 12.8 Å². The predicted octanol–water partition coefficient (Wildman–Crippen LogP) is 3.39. The summed E-state index contributed by atoms with van der Waals surface area (Å²) in [6.45, 7) is 4.50. The Morgan fingerprint density at radius 2 is 2.00 bits per heavy atom. The molecule has 0 unspecified atom stereocenters. The number of carbonyl (C=O) groups excluding carboxylic acids is 1. The summed E-state index contributed by atoms with van der Waals surface area (Å²) in [4.78, 5) is 25.4. The molecule has 26 heavy (non-hydrogen) atoms. The molecule has 1 aliphatic heterocycles. The lowest BCUT2D eigenvalue weighted by atomic mass is 9.94. The second kappa shape index (κ2) is 8.26. The second-order valence-corrected chi connectivity index (χ2v) is 8.32. The third-order valence-electron chi connectivity index (χ3n) is 5.45. The summed E-state index contributed by atoms with van der Waals surface area (Å²) in [5.74, 6) is 2.33. The molecule has 0 aromatic heterocycles. The summed E-state index contributed by atoms with van der Waals surface area (Å²) >= 11 is 2.00. The van der Waals surface area contributed by atoms with Crippen molar-refractivity contribution in [3.63, 3.8) is 0 Å². The van der Waals surface area contributed by atoms with Crippen molar-refractivity contribution in [3.8, 4) is 0 Å². The number of nitro benzene ring substituents is 1. The van der Waals surface area contributed by atoms with E-state index in [1.54, 1.807) is 19.1 Å². The number of anilines is 1.